The molecule has 1 aromatic heterocycles. The topological polar surface area (TPSA) is 24.9 Å². The third-order valence-corrected chi connectivity index (χ3v) is 3.81. The minimum absolute atomic E-state index is 0.113. The van der Waals surface area contributed by atoms with Gasteiger partial charge < -0.3 is 5.32 Å². The van der Waals surface area contributed by atoms with Gasteiger partial charge in [0.2, 0.25) is 0 Å². The highest BCUT2D eigenvalue weighted by Crippen LogP contribution is 2.32. The molecule has 0 bridgehead atoms. The van der Waals surface area contributed by atoms with Crippen LogP contribution < -0.4 is 5.32 Å². The maximum atomic E-state index is 12.8. The number of benzene rings is 1. The van der Waals surface area contributed by atoms with Gasteiger partial charge >= 0.3 is 6.18 Å². The largest absolute Gasteiger partial charge is 0.416 e. The number of hydrogen-bond acceptors (Lipinski definition) is 3. The van der Waals surface area contributed by atoms with Crippen molar-refractivity contribution in [2.45, 2.75) is 26.6 Å². The van der Waals surface area contributed by atoms with E-state index in [9.17, 15) is 13.2 Å². The van der Waals surface area contributed by atoms with Gasteiger partial charge in [0.1, 0.15) is 0 Å². The number of anilines is 1. The second kappa shape index (κ2) is 5.21. The molecule has 0 unspecified atom stereocenters. The molecule has 0 fully saturated rings. The molecule has 0 aliphatic carbocycles. The summed E-state index contributed by atoms with van der Waals surface area (Å²) < 4.78 is 38.4. The highest BCUT2D eigenvalue weighted by molar-refractivity contribution is 7.15. The van der Waals surface area contributed by atoms with Crippen molar-refractivity contribution in [2.75, 3.05) is 5.32 Å². The first-order chi connectivity index (χ1) is 8.88. The van der Waals surface area contributed by atoms with E-state index in [4.69, 9.17) is 0 Å². The van der Waals surface area contributed by atoms with Crippen molar-refractivity contribution < 1.29 is 13.2 Å². The molecule has 0 saturated carbocycles. The van der Waals surface area contributed by atoms with E-state index in [1.54, 1.807) is 6.07 Å². The lowest BCUT2D eigenvalue weighted by Gasteiger charge is -2.12. The van der Waals surface area contributed by atoms with Crippen LogP contribution in [0, 0.1) is 13.8 Å². The van der Waals surface area contributed by atoms with Gasteiger partial charge in [-0.3, -0.25) is 0 Å². The number of thiazole rings is 1. The molecule has 6 heteroatoms. The molecule has 1 N–H and O–H groups in total. The molecule has 2 nitrogen and oxygen atoms in total. The van der Waals surface area contributed by atoms with E-state index in [1.807, 2.05) is 13.8 Å². The monoisotopic (exact) mass is 286 g/mol. The van der Waals surface area contributed by atoms with Crippen LogP contribution in [-0.4, -0.2) is 4.98 Å². The van der Waals surface area contributed by atoms with Gasteiger partial charge in [0, 0.05) is 11.4 Å². The molecule has 102 valence electrons. The summed E-state index contributed by atoms with van der Waals surface area (Å²) in [6.45, 7) is 3.92. The second-order valence-corrected chi connectivity index (χ2v) is 5.37. The Morgan fingerprint density at radius 2 is 1.89 bits per heavy atom. The van der Waals surface area contributed by atoms with Crippen LogP contribution in [0.3, 0.4) is 0 Å². The van der Waals surface area contributed by atoms with Gasteiger partial charge in [0.15, 0.2) is 5.13 Å². The van der Waals surface area contributed by atoms with Crippen LogP contribution in [0.15, 0.2) is 24.3 Å². The van der Waals surface area contributed by atoms with Crippen molar-refractivity contribution in [3.05, 3.63) is 46.0 Å². The SMILES string of the molecule is Cc1nc(NCc2ccccc2C(F)(F)F)sc1C. The molecule has 0 saturated heterocycles. The van der Waals surface area contributed by atoms with Crippen LogP contribution in [0.4, 0.5) is 18.3 Å². The Morgan fingerprint density at radius 1 is 1.21 bits per heavy atom. The fourth-order valence-corrected chi connectivity index (χ4v) is 2.48. The van der Waals surface area contributed by atoms with Crippen LogP contribution >= 0.6 is 11.3 Å². The molecular formula is C13H13F3N2S. The average Bonchev–Trinajstić information content (AvgIpc) is 2.65. The maximum Gasteiger partial charge on any atom is 0.416 e. The second-order valence-electron chi connectivity index (χ2n) is 4.17. The van der Waals surface area contributed by atoms with Crippen molar-refractivity contribution >= 4 is 16.5 Å². The first-order valence-electron chi connectivity index (χ1n) is 5.71. The molecule has 0 aliphatic heterocycles. The zero-order chi connectivity index (χ0) is 14.0. The highest BCUT2D eigenvalue weighted by Gasteiger charge is 2.32. The van der Waals surface area contributed by atoms with Crippen LogP contribution in [0.5, 0.6) is 0 Å². The Hall–Kier alpha value is -1.56. The van der Waals surface area contributed by atoms with E-state index in [0.29, 0.717) is 5.13 Å². The summed E-state index contributed by atoms with van der Waals surface area (Å²) in [5.41, 5.74) is 0.518. The molecule has 0 spiro atoms. The number of aromatic nitrogens is 1. The number of halogens is 3. The van der Waals surface area contributed by atoms with Crippen LogP contribution in [0.1, 0.15) is 21.7 Å². The number of hydrogen-bond donors (Lipinski definition) is 1. The van der Waals surface area contributed by atoms with Crippen LogP contribution in [0.2, 0.25) is 0 Å². The van der Waals surface area contributed by atoms with E-state index < -0.39 is 11.7 Å². The summed E-state index contributed by atoms with van der Waals surface area (Å²) in [6, 6.07) is 5.56. The smallest absolute Gasteiger partial charge is 0.357 e. The lowest BCUT2D eigenvalue weighted by molar-refractivity contribution is -0.138. The van der Waals surface area contributed by atoms with Gasteiger partial charge in [-0.05, 0) is 25.5 Å². The minimum atomic E-state index is -4.33. The van der Waals surface area contributed by atoms with Gasteiger partial charge in [0.05, 0.1) is 11.3 Å². The summed E-state index contributed by atoms with van der Waals surface area (Å²) >= 11 is 1.44. The lowest BCUT2D eigenvalue weighted by Crippen LogP contribution is -2.11. The Labute approximate surface area is 113 Å². The predicted octanol–water partition coefficient (Wildman–Crippen LogP) is 4.39. The number of nitrogens with one attached hydrogen (secondary N) is 1. The third kappa shape index (κ3) is 3.26. The fourth-order valence-electron chi connectivity index (χ4n) is 1.67. The van der Waals surface area contributed by atoms with Crippen molar-refractivity contribution in [2.24, 2.45) is 0 Å². The first kappa shape index (κ1) is 13.9. The fraction of sp³-hybridized carbons (Fsp3) is 0.308. The van der Waals surface area contributed by atoms with E-state index in [2.05, 4.69) is 10.3 Å². The quantitative estimate of drug-likeness (QED) is 0.905. The third-order valence-electron chi connectivity index (χ3n) is 2.78. The summed E-state index contributed by atoms with van der Waals surface area (Å²) in [5, 5.41) is 3.59. The van der Waals surface area contributed by atoms with E-state index in [1.165, 1.54) is 23.5 Å². The first-order valence-corrected chi connectivity index (χ1v) is 6.52. The molecule has 0 atom stereocenters. The van der Waals surface area contributed by atoms with Crippen molar-refractivity contribution in [1.29, 1.82) is 0 Å². The summed E-state index contributed by atoms with van der Waals surface area (Å²) in [7, 11) is 0. The van der Waals surface area contributed by atoms with E-state index >= 15 is 0 Å². The predicted molar refractivity (Wildman–Crippen MR) is 70.4 cm³/mol. The molecule has 19 heavy (non-hydrogen) atoms. The molecule has 0 radical (unpaired) electrons. The minimum Gasteiger partial charge on any atom is -0.357 e. The van der Waals surface area contributed by atoms with Crippen molar-refractivity contribution in [3.8, 4) is 0 Å². The summed E-state index contributed by atoms with van der Waals surface area (Å²) in [4.78, 5) is 5.30. The van der Waals surface area contributed by atoms with Gasteiger partial charge in [-0.15, -0.1) is 11.3 Å². The zero-order valence-corrected chi connectivity index (χ0v) is 11.3. The molecular weight excluding hydrogens is 273 g/mol. The van der Waals surface area contributed by atoms with Crippen molar-refractivity contribution in [3.63, 3.8) is 0 Å². The van der Waals surface area contributed by atoms with Gasteiger partial charge in [0.25, 0.3) is 0 Å². The van der Waals surface area contributed by atoms with Gasteiger partial charge in [-0.2, -0.15) is 13.2 Å². The molecule has 1 aromatic carbocycles. The normalized spacial score (nSPS) is 11.6. The maximum absolute atomic E-state index is 12.8. The zero-order valence-electron chi connectivity index (χ0n) is 10.5. The number of rotatable bonds is 3. The highest BCUT2D eigenvalue weighted by atomic mass is 32.1. The molecule has 1 heterocycles. The van der Waals surface area contributed by atoms with Gasteiger partial charge in [-0.1, -0.05) is 18.2 Å². The summed E-state index contributed by atoms with van der Waals surface area (Å²) in [5.74, 6) is 0. The molecule has 0 aliphatic rings. The molecule has 0 amide bonds. The number of nitrogens with zero attached hydrogens (tertiary/aromatic N) is 1. The standard InChI is InChI=1S/C13H13F3N2S/c1-8-9(2)19-12(18-8)17-7-10-5-3-4-6-11(10)13(14,15)16/h3-6H,7H2,1-2H3,(H,17,18). The Balaban J connectivity index is 2.16. The van der Waals surface area contributed by atoms with E-state index in [0.717, 1.165) is 16.6 Å². The van der Waals surface area contributed by atoms with Crippen molar-refractivity contribution in [1.82, 2.24) is 4.98 Å². The number of aryl methyl sites for hydroxylation is 2. The van der Waals surface area contributed by atoms with Crippen LogP contribution in [-0.2, 0) is 12.7 Å². The summed E-state index contributed by atoms with van der Waals surface area (Å²) in [6.07, 6.45) is -4.33. The Kier molecular flexibility index (Phi) is 3.80. The Bertz CT molecular complexity index is 556. The van der Waals surface area contributed by atoms with Crippen LogP contribution in [0.25, 0.3) is 0 Å². The lowest BCUT2D eigenvalue weighted by atomic mass is 10.1. The molecule has 2 aromatic rings. The Morgan fingerprint density at radius 3 is 2.47 bits per heavy atom. The van der Waals surface area contributed by atoms with E-state index in [-0.39, 0.29) is 12.1 Å². The van der Waals surface area contributed by atoms with Gasteiger partial charge in [-0.25, -0.2) is 4.98 Å². The average molecular weight is 286 g/mol. The number of alkyl halides is 3. The molecule has 2 rings (SSSR count).